The molecule has 9 heteroatoms. The van der Waals surface area contributed by atoms with E-state index < -0.39 is 0 Å². The van der Waals surface area contributed by atoms with E-state index >= 15 is 0 Å². The summed E-state index contributed by atoms with van der Waals surface area (Å²) in [6.07, 6.45) is 4.93. The Kier molecular flexibility index (Phi) is 7.35. The second-order valence-electron chi connectivity index (χ2n) is 6.47. The van der Waals surface area contributed by atoms with Crippen molar-refractivity contribution in [2.24, 2.45) is 5.73 Å². The van der Waals surface area contributed by atoms with Crippen LogP contribution >= 0.6 is 24.8 Å². The number of nitrogens with one attached hydrogen (secondary N) is 1. The van der Waals surface area contributed by atoms with Gasteiger partial charge in [-0.15, -0.1) is 24.8 Å². The minimum Gasteiger partial charge on any atom is -0.486 e. The van der Waals surface area contributed by atoms with Gasteiger partial charge in [-0.05, 0) is 43.9 Å². The van der Waals surface area contributed by atoms with E-state index in [-0.39, 0.29) is 48.5 Å². The number of benzene rings is 1. The number of carbonyl (C=O) groups excluding carboxylic acids is 1. The second-order valence-corrected chi connectivity index (χ2v) is 6.47. The van der Waals surface area contributed by atoms with E-state index in [1.807, 2.05) is 18.2 Å². The van der Waals surface area contributed by atoms with E-state index in [2.05, 4.69) is 10.3 Å². The van der Waals surface area contributed by atoms with Crippen molar-refractivity contribution in [3.8, 4) is 22.8 Å². The maximum atomic E-state index is 12.6. The molecule has 4 rings (SSSR count). The largest absolute Gasteiger partial charge is 0.486 e. The number of rotatable bonds is 3. The molecule has 0 saturated heterocycles. The summed E-state index contributed by atoms with van der Waals surface area (Å²) in [6.45, 7) is 1.04. The van der Waals surface area contributed by atoms with Crippen molar-refractivity contribution in [2.45, 2.75) is 37.8 Å². The number of hydrogen-bond acceptors (Lipinski definition) is 6. The molecule has 1 saturated carbocycles. The molecular formula is C18H23Cl2N3O4. The van der Waals surface area contributed by atoms with Crippen LogP contribution in [-0.2, 0) is 0 Å². The summed E-state index contributed by atoms with van der Waals surface area (Å²) in [5, 5.41) is 3.04. The second kappa shape index (κ2) is 9.30. The van der Waals surface area contributed by atoms with E-state index in [9.17, 15) is 4.79 Å². The Bertz CT molecular complexity index is 776. The van der Waals surface area contributed by atoms with Crippen molar-refractivity contribution in [1.29, 1.82) is 0 Å². The number of oxazole rings is 1. The van der Waals surface area contributed by atoms with Gasteiger partial charge in [0.25, 0.3) is 5.91 Å². The molecule has 1 aliphatic heterocycles. The molecular weight excluding hydrogens is 393 g/mol. The molecule has 1 aromatic heterocycles. The molecule has 27 heavy (non-hydrogen) atoms. The van der Waals surface area contributed by atoms with Crippen molar-refractivity contribution in [3.05, 3.63) is 30.3 Å². The first-order valence-electron chi connectivity index (χ1n) is 8.60. The molecule has 2 aromatic rings. The van der Waals surface area contributed by atoms with Gasteiger partial charge >= 0.3 is 0 Å². The van der Waals surface area contributed by atoms with Crippen molar-refractivity contribution < 1.29 is 18.7 Å². The summed E-state index contributed by atoms with van der Waals surface area (Å²) in [6, 6.07) is 5.84. The van der Waals surface area contributed by atoms with Crippen LogP contribution in [0.15, 0.2) is 29.0 Å². The first kappa shape index (κ1) is 21.3. The van der Waals surface area contributed by atoms with E-state index in [0.717, 1.165) is 31.2 Å². The number of amides is 1. The minimum absolute atomic E-state index is 0. The van der Waals surface area contributed by atoms with Crippen LogP contribution in [0.1, 0.15) is 36.2 Å². The topological polar surface area (TPSA) is 99.6 Å². The highest BCUT2D eigenvalue weighted by Gasteiger charge is 2.25. The summed E-state index contributed by atoms with van der Waals surface area (Å²) in [4.78, 5) is 16.7. The van der Waals surface area contributed by atoms with Gasteiger partial charge in [-0.1, -0.05) is 0 Å². The Labute approximate surface area is 169 Å². The Morgan fingerprint density at radius 2 is 1.78 bits per heavy atom. The number of carbonyl (C=O) groups is 1. The van der Waals surface area contributed by atoms with Crippen LogP contribution in [0.25, 0.3) is 11.3 Å². The molecule has 3 N–H and O–H groups in total. The van der Waals surface area contributed by atoms with Gasteiger partial charge in [0.2, 0.25) is 0 Å². The molecule has 1 fully saturated rings. The fraction of sp³-hybridized carbons (Fsp3) is 0.444. The highest BCUT2D eigenvalue weighted by Crippen LogP contribution is 2.35. The third-order valence-electron chi connectivity index (χ3n) is 4.69. The number of nitrogens with two attached hydrogens (primary N) is 1. The summed E-state index contributed by atoms with van der Waals surface area (Å²) in [5.41, 5.74) is 6.93. The molecule has 1 aromatic carbocycles. The Morgan fingerprint density at radius 1 is 1.07 bits per heavy atom. The fourth-order valence-corrected chi connectivity index (χ4v) is 3.31. The molecule has 7 nitrogen and oxygen atoms in total. The zero-order valence-corrected chi connectivity index (χ0v) is 16.3. The van der Waals surface area contributed by atoms with Crippen LogP contribution < -0.4 is 20.5 Å². The lowest BCUT2D eigenvalue weighted by atomic mass is 9.92. The van der Waals surface area contributed by atoms with Gasteiger partial charge in [0.1, 0.15) is 13.2 Å². The van der Waals surface area contributed by atoms with Crippen LogP contribution in [0.2, 0.25) is 0 Å². The number of halogens is 2. The van der Waals surface area contributed by atoms with Gasteiger partial charge in [0.05, 0.1) is 0 Å². The van der Waals surface area contributed by atoms with Gasteiger partial charge in [-0.2, -0.15) is 0 Å². The van der Waals surface area contributed by atoms with Gasteiger partial charge in [-0.25, -0.2) is 4.98 Å². The van der Waals surface area contributed by atoms with E-state index in [0.29, 0.717) is 30.5 Å². The molecule has 2 heterocycles. The van der Waals surface area contributed by atoms with Gasteiger partial charge < -0.3 is 24.9 Å². The highest BCUT2D eigenvalue weighted by atomic mass is 35.5. The Morgan fingerprint density at radius 3 is 2.52 bits per heavy atom. The Balaban J connectivity index is 0.00000131. The summed E-state index contributed by atoms with van der Waals surface area (Å²) in [5.74, 6) is 1.55. The first-order chi connectivity index (χ1) is 12.2. The lowest BCUT2D eigenvalue weighted by Crippen LogP contribution is -2.40. The standard InChI is InChI=1S/C18H21N3O4.2ClH/c19-12-2-4-13(5-3-12)21-18(22)16-17(25-10-20-16)11-1-6-14-15(9-11)24-8-7-23-14;;/h1,6,9-10,12-13H,2-5,7-8,19H2,(H,21,22);2*1H. The van der Waals surface area contributed by atoms with Crippen LogP contribution in [-0.4, -0.2) is 36.2 Å². The van der Waals surface area contributed by atoms with E-state index in [1.165, 1.54) is 6.39 Å². The number of nitrogens with zero attached hydrogens (tertiary/aromatic N) is 1. The average Bonchev–Trinajstić information content (AvgIpc) is 3.13. The highest BCUT2D eigenvalue weighted by molar-refractivity contribution is 5.97. The third kappa shape index (κ3) is 4.66. The number of hydrogen-bond donors (Lipinski definition) is 2. The third-order valence-corrected chi connectivity index (χ3v) is 4.69. The molecule has 0 bridgehead atoms. The molecule has 0 spiro atoms. The molecule has 1 amide bonds. The Hall–Kier alpha value is -1.96. The molecule has 148 valence electrons. The first-order valence-corrected chi connectivity index (χ1v) is 8.60. The predicted molar refractivity (Wildman–Crippen MR) is 105 cm³/mol. The van der Waals surface area contributed by atoms with Crippen LogP contribution in [0.5, 0.6) is 11.5 Å². The quantitative estimate of drug-likeness (QED) is 0.798. The number of fused-ring (bicyclic) bond motifs is 1. The van der Waals surface area contributed by atoms with Crippen LogP contribution in [0.4, 0.5) is 0 Å². The summed E-state index contributed by atoms with van der Waals surface area (Å²) < 4.78 is 16.6. The maximum Gasteiger partial charge on any atom is 0.274 e. The zero-order chi connectivity index (χ0) is 17.2. The summed E-state index contributed by atoms with van der Waals surface area (Å²) >= 11 is 0. The normalized spacial score (nSPS) is 20.8. The van der Waals surface area contributed by atoms with E-state index in [1.54, 1.807) is 0 Å². The maximum absolute atomic E-state index is 12.6. The molecule has 2 aliphatic rings. The predicted octanol–water partition coefficient (Wildman–Crippen LogP) is 2.96. The van der Waals surface area contributed by atoms with Crippen molar-refractivity contribution in [2.75, 3.05) is 13.2 Å². The van der Waals surface area contributed by atoms with E-state index in [4.69, 9.17) is 19.6 Å². The SMILES string of the molecule is Cl.Cl.NC1CCC(NC(=O)c2ncoc2-c2ccc3c(c2)OCCO3)CC1. The molecule has 0 radical (unpaired) electrons. The van der Waals surface area contributed by atoms with Crippen LogP contribution in [0.3, 0.4) is 0 Å². The van der Waals surface area contributed by atoms with Crippen LogP contribution in [0, 0.1) is 0 Å². The minimum atomic E-state index is -0.223. The van der Waals surface area contributed by atoms with Gasteiger partial charge in [0, 0.05) is 17.6 Å². The fourth-order valence-electron chi connectivity index (χ4n) is 3.31. The number of aromatic nitrogens is 1. The lowest BCUT2D eigenvalue weighted by Gasteiger charge is -2.26. The molecule has 0 atom stereocenters. The summed E-state index contributed by atoms with van der Waals surface area (Å²) in [7, 11) is 0. The lowest BCUT2D eigenvalue weighted by molar-refractivity contribution is 0.0921. The van der Waals surface area contributed by atoms with Gasteiger partial charge in [-0.3, -0.25) is 4.79 Å². The monoisotopic (exact) mass is 415 g/mol. The average molecular weight is 416 g/mol. The van der Waals surface area contributed by atoms with Crippen molar-refractivity contribution in [1.82, 2.24) is 10.3 Å². The number of ether oxygens (including phenoxy) is 2. The smallest absolute Gasteiger partial charge is 0.274 e. The van der Waals surface area contributed by atoms with Gasteiger partial charge in [0.15, 0.2) is 29.3 Å². The van der Waals surface area contributed by atoms with Crippen molar-refractivity contribution in [3.63, 3.8) is 0 Å². The molecule has 0 unspecified atom stereocenters. The molecule has 1 aliphatic carbocycles. The zero-order valence-electron chi connectivity index (χ0n) is 14.7. The van der Waals surface area contributed by atoms with Crippen molar-refractivity contribution >= 4 is 30.7 Å².